The average molecular weight is 239 g/mol. The Morgan fingerprint density at radius 1 is 1.75 bits per heavy atom. The van der Waals surface area contributed by atoms with Crippen LogP contribution in [0.1, 0.15) is 28.2 Å². The van der Waals surface area contributed by atoms with Crippen LogP contribution in [0, 0.1) is 12.8 Å². The van der Waals surface area contributed by atoms with E-state index in [1.807, 2.05) is 11.8 Å². The SMILES string of the molecule is Cc1ncsc1C(=O)N1CCCC(CN)C1. The molecule has 1 fully saturated rings. The Balaban J connectivity index is 2.07. The van der Waals surface area contributed by atoms with E-state index in [0.717, 1.165) is 36.5 Å². The summed E-state index contributed by atoms with van der Waals surface area (Å²) in [4.78, 5) is 19.0. The first-order valence-corrected chi connectivity index (χ1v) is 6.49. The fraction of sp³-hybridized carbons (Fsp3) is 0.636. The van der Waals surface area contributed by atoms with Gasteiger partial charge in [0.25, 0.3) is 5.91 Å². The fourth-order valence-corrected chi connectivity index (χ4v) is 2.86. The highest BCUT2D eigenvalue weighted by atomic mass is 32.1. The van der Waals surface area contributed by atoms with Crippen molar-refractivity contribution in [1.29, 1.82) is 0 Å². The van der Waals surface area contributed by atoms with Gasteiger partial charge in [-0.15, -0.1) is 11.3 Å². The van der Waals surface area contributed by atoms with E-state index >= 15 is 0 Å². The van der Waals surface area contributed by atoms with Crippen molar-refractivity contribution >= 4 is 17.2 Å². The van der Waals surface area contributed by atoms with Crippen molar-refractivity contribution in [2.45, 2.75) is 19.8 Å². The van der Waals surface area contributed by atoms with Gasteiger partial charge in [-0.3, -0.25) is 4.79 Å². The van der Waals surface area contributed by atoms with Crippen LogP contribution < -0.4 is 5.73 Å². The predicted molar refractivity (Wildman–Crippen MR) is 64.5 cm³/mol. The summed E-state index contributed by atoms with van der Waals surface area (Å²) in [6.45, 7) is 4.21. The number of hydrogen-bond donors (Lipinski definition) is 1. The number of nitrogens with two attached hydrogens (primary N) is 1. The van der Waals surface area contributed by atoms with E-state index < -0.39 is 0 Å². The van der Waals surface area contributed by atoms with Crippen LogP contribution in [0.25, 0.3) is 0 Å². The maximum Gasteiger partial charge on any atom is 0.265 e. The molecule has 1 atom stereocenters. The summed E-state index contributed by atoms with van der Waals surface area (Å²) in [5, 5.41) is 0. The maximum absolute atomic E-state index is 12.2. The Morgan fingerprint density at radius 2 is 2.56 bits per heavy atom. The standard InChI is InChI=1S/C11H17N3OS/c1-8-10(16-7-13-8)11(15)14-4-2-3-9(5-12)6-14/h7,9H,2-6,12H2,1H3. The molecule has 2 N–H and O–H groups in total. The molecule has 1 aromatic heterocycles. The Bertz CT molecular complexity index is 377. The van der Waals surface area contributed by atoms with Gasteiger partial charge in [0, 0.05) is 13.1 Å². The van der Waals surface area contributed by atoms with Gasteiger partial charge < -0.3 is 10.6 Å². The molecule has 1 saturated heterocycles. The number of rotatable bonds is 2. The van der Waals surface area contributed by atoms with Crippen molar-refractivity contribution < 1.29 is 4.79 Å². The van der Waals surface area contributed by atoms with Gasteiger partial charge in [0.1, 0.15) is 4.88 Å². The summed E-state index contributed by atoms with van der Waals surface area (Å²) in [7, 11) is 0. The van der Waals surface area contributed by atoms with E-state index in [0.29, 0.717) is 12.5 Å². The quantitative estimate of drug-likeness (QED) is 0.845. The van der Waals surface area contributed by atoms with Crippen LogP contribution in [0.15, 0.2) is 5.51 Å². The number of aryl methyl sites for hydroxylation is 1. The van der Waals surface area contributed by atoms with Crippen LogP contribution in [0.3, 0.4) is 0 Å². The molecule has 16 heavy (non-hydrogen) atoms. The van der Waals surface area contributed by atoms with Gasteiger partial charge in [0.2, 0.25) is 0 Å². The van der Waals surface area contributed by atoms with Gasteiger partial charge in [-0.1, -0.05) is 0 Å². The number of nitrogens with zero attached hydrogens (tertiary/aromatic N) is 2. The fourth-order valence-electron chi connectivity index (χ4n) is 2.09. The molecule has 1 amide bonds. The summed E-state index contributed by atoms with van der Waals surface area (Å²) in [6, 6.07) is 0. The molecule has 5 heteroatoms. The zero-order valence-electron chi connectivity index (χ0n) is 9.48. The highest BCUT2D eigenvalue weighted by Crippen LogP contribution is 2.20. The number of amides is 1. The second-order valence-corrected chi connectivity index (χ2v) is 5.12. The molecule has 1 aliphatic rings. The van der Waals surface area contributed by atoms with E-state index in [9.17, 15) is 4.79 Å². The molecule has 4 nitrogen and oxygen atoms in total. The maximum atomic E-state index is 12.2. The molecule has 0 radical (unpaired) electrons. The predicted octanol–water partition coefficient (Wildman–Crippen LogP) is 1.26. The van der Waals surface area contributed by atoms with Crippen LogP contribution in [-0.4, -0.2) is 35.4 Å². The van der Waals surface area contributed by atoms with Crippen LogP contribution in [0.5, 0.6) is 0 Å². The molecule has 0 saturated carbocycles. The van der Waals surface area contributed by atoms with Gasteiger partial charge in [0.15, 0.2) is 0 Å². The lowest BCUT2D eigenvalue weighted by Crippen LogP contribution is -2.42. The van der Waals surface area contributed by atoms with Gasteiger partial charge in [0.05, 0.1) is 11.2 Å². The van der Waals surface area contributed by atoms with Crippen molar-refractivity contribution in [1.82, 2.24) is 9.88 Å². The largest absolute Gasteiger partial charge is 0.338 e. The minimum absolute atomic E-state index is 0.123. The summed E-state index contributed by atoms with van der Waals surface area (Å²) >= 11 is 1.43. The molecule has 0 spiro atoms. The molecule has 1 unspecified atom stereocenters. The van der Waals surface area contributed by atoms with Crippen molar-refractivity contribution in [3.63, 3.8) is 0 Å². The molecule has 0 bridgehead atoms. The normalized spacial score (nSPS) is 21.1. The number of hydrogen-bond acceptors (Lipinski definition) is 4. The van der Waals surface area contributed by atoms with Crippen LogP contribution in [0.4, 0.5) is 0 Å². The summed E-state index contributed by atoms with van der Waals surface area (Å²) in [5.74, 6) is 0.587. The number of piperidine rings is 1. The molecule has 1 aliphatic heterocycles. The van der Waals surface area contributed by atoms with Gasteiger partial charge in [-0.2, -0.15) is 0 Å². The van der Waals surface area contributed by atoms with E-state index in [1.54, 1.807) is 5.51 Å². The third kappa shape index (κ3) is 2.25. The third-order valence-corrected chi connectivity index (χ3v) is 4.00. The zero-order chi connectivity index (χ0) is 11.5. The lowest BCUT2D eigenvalue weighted by Gasteiger charge is -2.31. The molecular weight excluding hydrogens is 222 g/mol. The molecule has 2 rings (SSSR count). The second-order valence-electron chi connectivity index (χ2n) is 4.26. The van der Waals surface area contributed by atoms with E-state index in [1.165, 1.54) is 11.3 Å². The first-order chi connectivity index (χ1) is 7.72. The van der Waals surface area contributed by atoms with Crippen LogP contribution in [-0.2, 0) is 0 Å². The lowest BCUT2D eigenvalue weighted by atomic mass is 9.98. The average Bonchev–Trinajstić information content (AvgIpc) is 2.74. The number of carbonyl (C=O) groups excluding carboxylic acids is 1. The van der Waals surface area contributed by atoms with Crippen molar-refractivity contribution in [3.8, 4) is 0 Å². The van der Waals surface area contributed by atoms with Crippen LogP contribution >= 0.6 is 11.3 Å². The lowest BCUT2D eigenvalue weighted by molar-refractivity contribution is 0.0682. The molecule has 88 valence electrons. The number of aromatic nitrogens is 1. The summed E-state index contributed by atoms with van der Waals surface area (Å²) in [6.07, 6.45) is 2.20. The van der Waals surface area contributed by atoms with Gasteiger partial charge >= 0.3 is 0 Å². The Morgan fingerprint density at radius 3 is 3.19 bits per heavy atom. The van der Waals surface area contributed by atoms with E-state index in [-0.39, 0.29) is 5.91 Å². The zero-order valence-corrected chi connectivity index (χ0v) is 10.3. The minimum atomic E-state index is 0.123. The second kappa shape index (κ2) is 4.93. The topological polar surface area (TPSA) is 59.2 Å². The number of carbonyl (C=O) groups is 1. The Hall–Kier alpha value is -0.940. The Kier molecular flexibility index (Phi) is 3.56. The summed E-state index contributed by atoms with van der Waals surface area (Å²) in [5.41, 5.74) is 8.23. The highest BCUT2D eigenvalue weighted by molar-refractivity contribution is 7.11. The van der Waals surface area contributed by atoms with Crippen molar-refractivity contribution in [2.24, 2.45) is 11.7 Å². The monoisotopic (exact) mass is 239 g/mol. The van der Waals surface area contributed by atoms with Crippen LogP contribution in [0.2, 0.25) is 0 Å². The number of thiazole rings is 1. The van der Waals surface area contributed by atoms with E-state index in [2.05, 4.69) is 4.98 Å². The first-order valence-electron chi connectivity index (χ1n) is 5.61. The molecular formula is C11H17N3OS. The number of likely N-dealkylation sites (tertiary alicyclic amines) is 1. The third-order valence-electron chi connectivity index (χ3n) is 3.08. The molecule has 2 heterocycles. The highest BCUT2D eigenvalue weighted by Gasteiger charge is 2.25. The van der Waals surface area contributed by atoms with Gasteiger partial charge in [-0.05, 0) is 32.2 Å². The minimum Gasteiger partial charge on any atom is -0.338 e. The Labute approximate surface area is 99.5 Å². The molecule has 0 aliphatic carbocycles. The summed E-state index contributed by atoms with van der Waals surface area (Å²) < 4.78 is 0. The van der Waals surface area contributed by atoms with E-state index in [4.69, 9.17) is 5.73 Å². The van der Waals surface area contributed by atoms with Gasteiger partial charge in [-0.25, -0.2) is 4.98 Å². The first kappa shape index (κ1) is 11.5. The smallest absolute Gasteiger partial charge is 0.265 e. The molecule has 1 aromatic rings. The van der Waals surface area contributed by atoms with Crippen molar-refractivity contribution in [3.05, 3.63) is 16.1 Å². The van der Waals surface area contributed by atoms with Crippen molar-refractivity contribution in [2.75, 3.05) is 19.6 Å². The molecule has 0 aromatic carbocycles.